The van der Waals surface area contributed by atoms with Gasteiger partial charge >= 0.3 is 33.3 Å². The summed E-state index contributed by atoms with van der Waals surface area (Å²) in [5.41, 5.74) is 0. The summed E-state index contributed by atoms with van der Waals surface area (Å²) < 4.78 is 0. The van der Waals surface area contributed by atoms with Gasteiger partial charge in [0.1, 0.15) is 0 Å². The predicted octanol–water partition coefficient (Wildman–Crippen LogP) is -0.212. The van der Waals surface area contributed by atoms with E-state index in [0.717, 1.165) is 0 Å². The van der Waals surface area contributed by atoms with E-state index in [2.05, 4.69) is 27.2 Å². The van der Waals surface area contributed by atoms with Gasteiger partial charge in [0, 0.05) is 0 Å². The summed E-state index contributed by atoms with van der Waals surface area (Å²) in [6, 6.07) is 0. The number of rotatable bonds is 0. The summed E-state index contributed by atoms with van der Waals surface area (Å²) in [4.78, 5) is 30.0. The molecule has 0 aromatic rings. The Bertz CT molecular complexity index is 35.3. The van der Waals surface area contributed by atoms with E-state index in [9.17, 15) is 0 Å². The molecule has 7 heteroatoms. The third-order valence-corrected chi connectivity index (χ3v) is 0. The standard InChI is InChI=1S/4CO.2ClH.Fe/c4*1-2;;;/h;;;;2*1H;/q;;;;;;+2/p-2. The molecule has 0 amide bonds. The zero-order chi connectivity index (χ0) is 10.7. The van der Waals surface area contributed by atoms with Crippen LogP contribution in [0.5, 0.6) is 0 Å². The van der Waals surface area contributed by atoms with Crippen molar-refractivity contribution in [3.8, 4) is 0 Å². The van der Waals surface area contributed by atoms with Crippen molar-refractivity contribution in [2.45, 2.75) is 0 Å². The third kappa shape index (κ3) is 12200. The van der Waals surface area contributed by atoms with Crippen molar-refractivity contribution in [3.63, 3.8) is 0 Å². The van der Waals surface area contributed by atoms with Gasteiger partial charge in [0.15, 0.2) is 0 Å². The number of halogens is 2. The van der Waals surface area contributed by atoms with Crippen LogP contribution in [0, 0.1) is 0 Å². The molecule has 0 saturated heterocycles. The Balaban J connectivity index is -0.0000000139. The molecule has 0 N–H and O–H groups in total. The van der Waals surface area contributed by atoms with Crippen molar-refractivity contribution in [1.29, 1.82) is 0 Å². The molecule has 4 nitrogen and oxygen atoms in total. The molecule has 0 aromatic heterocycles. The first kappa shape index (κ1) is 30.9. The van der Waals surface area contributed by atoms with E-state index < -0.39 is 0 Å². The van der Waals surface area contributed by atoms with Crippen molar-refractivity contribution in [3.05, 3.63) is 0 Å². The van der Waals surface area contributed by atoms with Crippen molar-refractivity contribution < 1.29 is 32.3 Å². The van der Waals surface area contributed by atoms with E-state index in [1.54, 1.807) is 0 Å². The molecule has 0 saturated carbocycles. The van der Waals surface area contributed by atoms with Gasteiger partial charge in [0.2, 0.25) is 0 Å². The van der Waals surface area contributed by atoms with Crippen LogP contribution in [0.4, 0.5) is 0 Å². The topological polar surface area (TPSA) is 68.3 Å². The summed E-state index contributed by atoms with van der Waals surface area (Å²) in [6.45, 7) is 18.0. The van der Waals surface area contributed by atoms with Crippen molar-refractivity contribution >= 4 is 47.4 Å². The van der Waals surface area contributed by atoms with Crippen LogP contribution in [0.15, 0.2) is 0 Å². The first-order chi connectivity index (χ1) is 5.41. The van der Waals surface area contributed by atoms with Crippen LogP contribution in [-0.2, 0) is 32.3 Å². The van der Waals surface area contributed by atoms with E-state index in [1.165, 1.54) is 0 Å². The normalized spacial score (nSPS) is 3.45. The summed E-state index contributed by atoms with van der Waals surface area (Å²) in [6.07, 6.45) is 0. The number of carbonyl (C=O) groups excluding carboxylic acids is 4. The maximum absolute atomic E-state index is 7.50. The second-order valence-electron chi connectivity index (χ2n) is 0.0505. The average Bonchev–Trinajstić information content (AvgIpc) is 2.18. The van der Waals surface area contributed by atoms with Gasteiger partial charge in [-0.15, -0.1) is 0 Å². The second-order valence-corrected chi connectivity index (χ2v) is 1.87. The summed E-state index contributed by atoms with van der Waals surface area (Å²) in [7, 11) is 9.53. The van der Waals surface area contributed by atoms with Gasteiger partial charge in [-0.1, -0.05) is 0 Å². The molecule has 0 spiro atoms. The Labute approximate surface area is 79.8 Å². The zero-order valence-corrected chi connectivity index (χ0v) is 7.36. The van der Waals surface area contributed by atoms with Crippen LogP contribution >= 0.6 is 20.2 Å². The van der Waals surface area contributed by atoms with E-state index in [-0.39, 0.29) is 13.1 Å². The van der Waals surface area contributed by atoms with E-state index in [0.29, 0.717) is 0 Å². The fraction of sp³-hybridized carbons (Fsp3) is 0. The van der Waals surface area contributed by atoms with Gasteiger partial charge in [-0.2, -0.15) is 0 Å². The van der Waals surface area contributed by atoms with Gasteiger partial charge in [0.05, 0.1) is 0 Å². The van der Waals surface area contributed by atoms with Crippen LogP contribution < -0.4 is 0 Å². The Morgan fingerprint density at radius 2 is 0.636 bits per heavy atom. The van der Waals surface area contributed by atoms with Crippen LogP contribution in [0.2, 0.25) is 0 Å². The molecule has 0 rings (SSSR count). The average molecular weight is 239 g/mol. The molecule has 0 aliphatic rings. The molecule has 0 unspecified atom stereocenters. The van der Waals surface area contributed by atoms with Crippen LogP contribution in [0.25, 0.3) is 0 Å². The van der Waals surface area contributed by atoms with Crippen LogP contribution in [0.1, 0.15) is 0 Å². The number of hydrogen-bond donors (Lipinski definition) is 0. The van der Waals surface area contributed by atoms with E-state index >= 15 is 0 Å². The molecule has 0 aliphatic heterocycles. The minimum absolute atomic E-state index is 0.194. The molecule has 0 fully saturated rings. The second kappa shape index (κ2) is 1240. The molecule has 0 atom stereocenters. The van der Waals surface area contributed by atoms with Crippen LogP contribution in [0.3, 0.4) is 0 Å². The Hall–Kier alpha value is -0.221. The number of hydrogen-bond acceptors (Lipinski definition) is 4. The monoisotopic (exact) mass is 238 g/mol. The van der Waals surface area contributed by atoms with Gasteiger partial charge in [-0.05, 0) is 0 Å². The molecule has 0 bridgehead atoms. The Morgan fingerprint density at radius 3 is 0.636 bits per heavy atom. The van der Waals surface area contributed by atoms with Crippen molar-refractivity contribution in [1.82, 2.24) is 0 Å². The van der Waals surface area contributed by atoms with Crippen molar-refractivity contribution in [2.75, 3.05) is 0 Å². The molecule has 0 aliphatic carbocycles. The maximum atomic E-state index is 7.50. The molecular weight excluding hydrogens is 239 g/mol. The zero-order valence-electron chi connectivity index (χ0n) is 4.74. The summed E-state index contributed by atoms with van der Waals surface area (Å²) in [5.74, 6) is 0. The Kier molecular flexibility index (Phi) is 3480. The van der Waals surface area contributed by atoms with Gasteiger partial charge in [0.25, 0.3) is 27.2 Å². The molecule has 0 aromatic carbocycles. The first-order valence-corrected chi connectivity index (χ1v) is 4.12. The SMILES string of the molecule is [C]=O.[C]=O.[C]=O.[C]=O.[Cl][Fe][Cl]. The van der Waals surface area contributed by atoms with Crippen molar-refractivity contribution in [2.24, 2.45) is 0 Å². The molecular formula is C4Cl2FeO4. The van der Waals surface area contributed by atoms with Gasteiger partial charge in [-0.25, -0.2) is 0 Å². The molecule has 62 valence electrons. The fourth-order valence-corrected chi connectivity index (χ4v) is 0. The molecule has 8 radical (unpaired) electrons. The van der Waals surface area contributed by atoms with Gasteiger partial charge in [-0.3, -0.25) is 19.2 Å². The fourth-order valence-electron chi connectivity index (χ4n) is 0. The van der Waals surface area contributed by atoms with Gasteiger partial charge < -0.3 is 0 Å². The minimum atomic E-state index is 0.194. The first-order valence-electron chi connectivity index (χ1n) is 1.08. The predicted molar refractivity (Wildman–Crippen MR) is 34.5 cm³/mol. The van der Waals surface area contributed by atoms with E-state index in [1.807, 2.05) is 0 Å². The summed E-state index contributed by atoms with van der Waals surface area (Å²) >= 11 is 0.194. The van der Waals surface area contributed by atoms with Crippen LogP contribution in [-0.4, -0.2) is 27.2 Å². The molecule has 11 heavy (non-hydrogen) atoms. The molecule has 0 heterocycles. The Morgan fingerprint density at radius 1 is 0.636 bits per heavy atom. The summed E-state index contributed by atoms with van der Waals surface area (Å²) in [5, 5.41) is 0. The quantitative estimate of drug-likeness (QED) is 0.548. The third-order valence-electron chi connectivity index (χ3n) is 0. The van der Waals surface area contributed by atoms with E-state index in [4.69, 9.17) is 39.4 Å².